The van der Waals surface area contributed by atoms with Crippen molar-refractivity contribution in [3.05, 3.63) is 188 Å². The molecule has 0 atom stereocenters. The van der Waals surface area contributed by atoms with Crippen molar-refractivity contribution >= 4 is 45.9 Å². The molecule has 0 unspecified atom stereocenters. The number of fused-ring (bicyclic) bond motifs is 4. The molecule has 2 heterocycles. The van der Waals surface area contributed by atoms with Gasteiger partial charge in [-0.2, -0.15) is 0 Å². The largest absolute Gasteiger partial charge is 0.345 e. The Hall–Kier alpha value is -6.58. The molecule has 10 rings (SSSR count). The number of para-hydroxylation sites is 2. The lowest BCUT2D eigenvalue weighted by Gasteiger charge is -2.42. The van der Waals surface area contributed by atoms with Gasteiger partial charge >= 0.3 is 0 Å². The summed E-state index contributed by atoms with van der Waals surface area (Å²) in [5.74, 6) is 0. The van der Waals surface area contributed by atoms with Crippen LogP contribution in [0.3, 0.4) is 0 Å². The first-order valence-electron chi connectivity index (χ1n) is 22.6. The molecule has 0 bridgehead atoms. The van der Waals surface area contributed by atoms with Crippen molar-refractivity contribution in [2.24, 2.45) is 0 Å². The second kappa shape index (κ2) is 12.6. The fraction of sp³-hybridized carbons (Fsp3) is 0.0400. The molecule has 0 saturated heterocycles. The van der Waals surface area contributed by atoms with E-state index in [2.05, 4.69) is 96.7 Å². The molecule has 0 amide bonds. The number of benzene rings is 8. The van der Waals surface area contributed by atoms with Crippen LogP contribution in [0.25, 0.3) is 55.6 Å². The van der Waals surface area contributed by atoms with Crippen molar-refractivity contribution in [2.45, 2.75) is 0 Å². The molecule has 0 saturated carbocycles. The van der Waals surface area contributed by atoms with Crippen LogP contribution in [0.5, 0.6) is 0 Å². The molecule has 2 aliphatic heterocycles. The van der Waals surface area contributed by atoms with E-state index in [1.807, 2.05) is 36.4 Å². The molecule has 0 aromatic heterocycles. The van der Waals surface area contributed by atoms with Gasteiger partial charge in [-0.1, -0.05) is 133 Å². The first-order valence-corrected chi connectivity index (χ1v) is 17.6. The van der Waals surface area contributed by atoms with Gasteiger partial charge in [-0.25, -0.2) is 0 Å². The lowest BCUT2D eigenvalue weighted by molar-refractivity contribution is 1.18. The van der Waals surface area contributed by atoms with Crippen molar-refractivity contribution in [2.75, 3.05) is 23.9 Å². The molecule has 8 aromatic carbocycles. The minimum absolute atomic E-state index is 0.0565. The third-order valence-corrected chi connectivity index (χ3v) is 10.6. The van der Waals surface area contributed by atoms with Crippen molar-refractivity contribution in [1.29, 1.82) is 0 Å². The summed E-state index contributed by atoms with van der Waals surface area (Å²) in [7, 11) is 4.26. The number of hydrogen-bond acceptors (Lipinski definition) is 2. The Bertz CT molecular complexity index is 3040. The van der Waals surface area contributed by atoms with Gasteiger partial charge in [0.25, 0.3) is 6.71 Å². The standard InChI is InChI=1S/C50H37BN2/c1-52-46-25-11-9-23-44(46)51-45-24-10-12-26-47(45)53(2)49-33-43(32-48(52)50(49)51)39-22-14-20-37(28-39)36-19-13-21-38(27-36)42-30-40(34-15-5-3-6-16-34)29-41(31-42)35-17-7-4-8-18-35/h3-33H,1-2H3/i3D,4D,5D,6D,7D,8D,15D,16D,17D,18D. The van der Waals surface area contributed by atoms with E-state index in [0.29, 0.717) is 11.1 Å². The van der Waals surface area contributed by atoms with Crippen LogP contribution < -0.4 is 26.2 Å². The van der Waals surface area contributed by atoms with E-state index in [-0.39, 0.29) is 29.0 Å². The van der Waals surface area contributed by atoms with Crippen LogP contribution in [-0.2, 0) is 0 Å². The SMILES string of the molecule is [2H]c1c([2H])c([2H])c(-c2cc(-c3cccc(-c4cccc(-c5cc6c7c(c5)N(C)c5ccccc5B7c5ccccc5N6C)c4)c3)cc(-c3c([2H])c([2H])c([2H])c([2H])c3[2H])c2)c([2H])c1[2H]. The summed E-state index contributed by atoms with van der Waals surface area (Å²) in [6.07, 6.45) is 0. The summed E-state index contributed by atoms with van der Waals surface area (Å²) in [5, 5.41) is 0. The molecule has 0 N–H and O–H groups in total. The molecule has 2 nitrogen and oxygen atoms in total. The predicted molar refractivity (Wildman–Crippen MR) is 227 cm³/mol. The molecule has 3 heteroatoms. The van der Waals surface area contributed by atoms with Crippen LogP contribution in [0.2, 0.25) is 0 Å². The Morgan fingerprint density at radius 1 is 0.358 bits per heavy atom. The Morgan fingerprint density at radius 2 is 0.717 bits per heavy atom. The van der Waals surface area contributed by atoms with Crippen LogP contribution in [0.1, 0.15) is 13.7 Å². The maximum atomic E-state index is 8.78. The lowest BCUT2D eigenvalue weighted by Crippen LogP contribution is -2.61. The van der Waals surface area contributed by atoms with E-state index < -0.39 is 60.4 Å². The smallest absolute Gasteiger partial charge is 0.252 e. The van der Waals surface area contributed by atoms with Crippen LogP contribution in [0.15, 0.2) is 188 Å². The van der Waals surface area contributed by atoms with E-state index in [0.717, 1.165) is 33.6 Å². The maximum absolute atomic E-state index is 8.78. The summed E-state index contributed by atoms with van der Waals surface area (Å²) in [4.78, 5) is 4.58. The van der Waals surface area contributed by atoms with E-state index in [1.54, 1.807) is 12.1 Å². The van der Waals surface area contributed by atoms with Gasteiger partial charge in [-0.15, -0.1) is 0 Å². The van der Waals surface area contributed by atoms with Gasteiger partial charge in [0.15, 0.2) is 0 Å². The molecule has 53 heavy (non-hydrogen) atoms. The Balaban J connectivity index is 1.11. The first kappa shape index (κ1) is 22.4. The average molecular weight is 687 g/mol. The number of anilines is 4. The quantitative estimate of drug-likeness (QED) is 0.166. The maximum Gasteiger partial charge on any atom is 0.252 e. The molecular formula is C50H37BN2. The highest BCUT2D eigenvalue weighted by atomic mass is 15.1. The van der Waals surface area contributed by atoms with Crippen molar-refractivity contribution in [1.82, 2.24) is 0 Å². The molecule has 250 valence electrons. The Kier molecular flexibility index (Phi) is 5.31. The van der Waals surface area contributed by atoms with Gasteiger partial charge in [0.2, 0.25) is 0 Å². The minimum atomic E-state index is -0.528. The Labute approximate surface area is 326 Å². The zero-order valence-corrected chi connectivity index (χ0v) is 29.1. The predicted octanol–water partition coefficient (Wildman–Crippen LogP) is 10.7. The van der Waals surface area contributed by atoms with E-state index in [9.17, 15) is 0 Å². The van der Waals surface area contributed by atoms with E-state index >= 15 is 0 Å². The second-order valence-electron chi connectivity index (χ2n) is 13.6. The average Bonchev–Trinajstić information content (AvgIpc) is 3.31. The fourth-order valence-corrected chi connectivity index (χ4v) is 8.08. The van der Waals surface area contributed by atoms with Gasteiger partial charge in [0.05, 0.1) is 13.7 Å². The van der Waals surface area contributed by atoms with Crippen LogP contribution in [0, 0.1) is 0 Å². The molecular weight excluding hydrogens is 639 g/mol. The zero-order valence-electron chi connectivity index (χ0n) is 39.1. The van der Waals surface area contributed by atoms with Gasteiger partial charge in [-0.3, -0.25) is 0 Å². The number of rotatable bonds is 5. The lowest BCUT2D eigenvalue weighted by atomic mass is 9.33. The summed E-state index contributed by atoms with van der Waals surface area (Å²) in [5.41, 5.74) is 14.1. The third-order valence-electron chi connectivity index (χ3n) is 10.6. The Morgan fingerprint density at radius 3 is 1.17 bits per heavy atom. The number of hydrogen-bond donors (Lipinski definition) is 0. The van der Waals surface area contributed by atoms with Gasteiger partial charge < -0.3 is 9.80 Å². The normalized spacial score (nSPS) is 15.2. The van der Waals surface area contributed by atoms with Crippen LogP contribution in [0.4, 0.5) is 22.7 Å². The van der Waals surface area contributed by atoms with Crippen LogP contribution >= 0.6 is 0 Å². The minimum Gasteiger partial charge on any atom is -0.345 e. The highest BCUT2D eigenvalue weighted by molar-refractivity contribution is 7.00. The third kappa shape index (κ3) is 5.28. The van der Waals surface area contributed by atoms with Crippen molar-refractivity contribution in [3.63, 3.8) is 0 Å². The number of nitrogens with zero attached hydrogens (tertiary/aromatic N) is 2. The molecule has 0 radical (unpaired) electrons. The van der Waals surface area contributed by atoms with Crippen molar-refractivity contribution < 1.29 is 13.7 Å². The zero-order chi connectivity index (χ0) is 44.2. The monoisotopic (exact) mass is 686 g/mol. The highest BCUT2D eigenvalue weighted by Crippen LogP contribution is 2.40. The van der Waals surface area contributed by atoms with E-state index in [4.69, 9.17) is 13.7 Å². The molecule has 0 fully saturated rings. The van der Waals surface area contributed by atoms with Crippen LogP contribution in [-0.4, -0.2) is 20.8 Å². The molecule has 0 spiro atoms. The van der Waals surface area contributed by atoms with Gasteiger partial charge in [0.1, 0.15) is 0 Å². The molecule has 0 aliphatic carbocycles. The van der Waals surface area contributed by atoms with E-state index in [1.165, 1.54) is 33.8 Å². The summed E-state index contributed by atoms with van der Waals surface area (Å²) < 4.78 is 85.0. The highest BCUT2D eigenvalue weighted by Gasteiger charge is 2.40. The van der Waals surface area contributed by atoms with Gasteiger partial charge in [0, 0.05) is 36.8 Å². The fourth-order valence-electron chi connectivity index (χ4n) is 8.08. The van der Waals surface area contributed by atoms with Gasteiger partial charge in [-0.05, 0) is 127 Å². The summed E-state index contributed by atoms with van der Waals surface area (Å²) in [6.45, 7) is 0.0953. The second-order valence-corrected chi connectivity index (χ2v) is 13.6. The molecule has 2 aliphatic rings. The summed E-state index contributed by atoms with van der Waals surface area (Å²) in [6, 6.07) is 38.3. The van der Waals surface area contributed by atoms with Crippen molar-refractivity contribution in [3.8, 4) is 55.6 Å². The topological polar surface area (TPSA) is 6.48 Å². The first-order chi connectivity index (χ1) is 30.2. The molecule has 8 aromatic rings. The summed E-state index contributed by atoms with van der Waals surface area (Å²) >= 11 is 0.